The molecular weight excluding hydrogens is 471 g/mol. The van der Waals surface area contributed by atoms with Crippen molar-refractivity contribution in [3.63, 3.8) is 0 Å². The first-order valence-corrected chi connectivity index (χ1v) is 10.5. The van der Waals surface area contributed by atoms with Crippen LogP contribution in [0.2, 0.25) is 0 Å². The highest BCUT2D eigenvalue weighted by atomic mass is 19.4. The number of carbonyl (C=O) groups is 1. The van der Waals surface area contributed by atoms with Gasteiger partial charge in [-0.25, -0.2) is 14.2 Å². The fourth-order valence-electron chi connectivity index (χ4n) is 3.65. The number of hydrogen-bond acceptors (Lipinski definition) is 8. The predicted molar refractivity (Wildman–Crippen MR) is 119 cm³/mol. The van der Waals surface area contributed by atoms with Crippen molar-refractivity contribution in [2.45, 2.75) is 19.6 Å². The molecule has 0 atom stereocenters. The molecule has 1 aliphatic heterocycles. The lowest BCUT2D eigenvalue weighted by Crippen LogP contribution is -2.44. The number of anilines is 1. The van der Waals surface area contributed by atoms with E-state index in [4.69, 9.17) is 0 Å². The van der Waals surface area contributed by atoms with Gasteiger partial charge in [0.1, 0.15) is 5.52 Å². The van der Waals surface area contributed by atoms with Gasteiger partial charge in [0, 0.05) is 45.5 Å². The molecule has 1 fully saturated rings. The molecule has 4 rings (SSSR count). The maximum atomic E-state index is 13.5. The van der Waals surface area contributed by atoms with Gasteiger partial charge in [0.2, 0.25) is 5.56 Å². The average Bonchev–Trinajstić information content (AvgIpc) is 3.10. The molecule has 1 N–H and O–H groups in total. The number of nitrogens with zero attached hydrogens (tertiary/aromatic N) is 6. The van der Waals surface area contributed by atoms with Gasteiger partial charge < -0.3 is 19.5 Å². The van der Waals surface area contributed by atoms with E-state index in [1.807, 2.05) is 0 Å². The summed E-state index contributed by atoms with van der Waals surface area (Å²) in [6, 6.07) is 1.76. The van der Waals surface area contributed by atoms with Gasteiger partial charge in [0.15, 0.2) is 11.5 Å². The number of carbonyl (C=O) groups excluding carboxylic acids is 1. The molecule has 0 bridgehead atoms. The van der Waals surface area contributed by atoms with Crippen LogP contribution < -0.4 is 26.2 Å². The van der Waals surface area contributed by atoms with Crippen molar-refractivity contribution in [2.75, 3.05) is 31.1 Å². The van der Waals surface area contributed by atoms with Crippen LogP contribution in [0.25, 0.3) is 16.9 Å². The molecule has 0 amide bonds. The molecule has 0 spiro atoms. The number of hydrogen-bond donors (Lipinski definition) is 1. The summed E-state index contributed by atoms with van der Waals surface area (Å²) in [4.78, 5) is 46.8. The lowest BCUT2D eigenvalue weighted by atomic mass is 10.3. The summed E-state index contributed by atoms with van der Waals surface area (Å²) in [6.45, 7) is 3.52. The Morgan fingerprint density at radius 2 is 1.91 bits per heavy atom. The number of piperazine rings is 1. The third kappa shape index (κ3) is 4.62. The molecule has 1 aliphatic rings. The number of aromatic nitrogens is 5. The fraction of sp³-hybridized carbons (Fsp3) is 0.381. The van der Waals surface area contributed by atoms with Crippen LogP contribution in [0.4, 0.5) is 19.0 Å². The monoisotopic (exact) mass is 491 g/mol. The zero-order valence-electron chi connectivity index (χ0n) is 18.7. The molecule has 3 aromatic heterocycles. The second-order valence-corrected chi connectivity index (χ2v) is 7.59. The van der Waals surface area contributed by atoms with Crippen molar-refractivity contribution in [3.8, 4) is 23.5 Å². The highest BCUT2D eigenvalue weighted by Crippen LogP contribution is 2.29. The maximum Gasteiger partial charge on any atom is 0.491 e. The average molecular weight is 491 g/mol. The number of aryl methyl sites for hydroxylation is 1. The van der Waals surface area contributed by atoms with Crippen molar-refractivity contribution >= 4 is 23.0 Å². The Morgan fingerprint density at radius 1 is 1.20 bits per heavy atom. The summed E-state index contributed by atoms with van der Waals surface area (Å²) in [5.41, 5.74) is -0.603. The van der Waals surface area contributed by atoms with Crippen molar-refractivity contribution in [2.24, 2.45) is 7.05 Å². The van der Waals surface area contributed by atoms with E-state index in [0.717, 1.165) is 4.57 Å². The molecule has 4 heterocycles. The standard InChI is InChI=1S/C21H20F3N7O4/c1-3-4-9-30-15-16(29-10-7-25-8-11-29)26-19(35-18(33)21(22,23)24)27-17(15)31(20(30)34)13-5-6-14(32)28(2)12-13/h5-6,12,25H,7-11H2,1-2H3. The first-order valence-electron chi connectivity index (χ1n) is 10.5. The molecular formula is C21H20F3N7O4. The summed E-state index contributed by atoms with van der Waals surface area (Å²) in [5, 5.41) is 3.15. The second kappa shape index (κ2) is 9.26. The fourth-order valence-corrected chi connectivity index (χ4v) is 3.65. The number of fused-ring (bicyclic) bond motifs is 1. The number of halogens is 3. The van der Waals surface area contributed by atoms with Crippen molar-refractivity contribution in [1.82, 2.24) is 29.0 Å². The Balaban J connectivity index is 2.05. The van der Waals surface area contributed by atoms with E-state index in [1.54, 1.807) is 11.8 Å². The molecule has 14 heteroatoms. The minimum Gasteiger partial charge on any atom is -0.384 e. The van der Waals surface area contributed by atoms with Crippen LogP contribution in [0, 0.1) is 11.8 Å². The molecule has 11 nitrogen and oxygen atoms in total. The number of esters is 1. The highest BCUT2D eigenvalue weighted by Gasteiger charge is 2.42. The lowest BCUT2D eigenvalue weighted by molar-refractivity contribution is -0.190. The van der Waals surface area contributed by atoms with Crippen LogP contribution in [0.15, 0.2) is 27.9 Å². The Kier molecular flexibility index (Phi) is 6.35. The van der Waals surface area contributed by atoms with Crippen LogP contribution in [0.1, 0.15) is 6.92 Å². The second-order valence-electron chi connectivity index (χ2n) is 7.59. The summed E-state index contributed by atoms with van der Waals surface area (Å²) < 4.78 is 46.7. The van der Waals surface area contributed by atoms with Gasteiger partial charge in [-0.1, -0.05) is 5.92 Å². The molecule has 0 unspecified atom stereocenters. The van der Waals surface area contributed by atoms with E-state index in [1.165, 1.54) is 34.5 Å². The molecule has 3 aromatic rings. The maximum absolute atomic E-state index is 13.5. The van der Waals surface area contributed by atoms with Gasteiger partial charge in [-0.15, -0.1) is 5.92 Å². The Labute approximate surface area is 195 Å². The van der Waals surface area contributed by atoms with Crippen LogP contribution in [0.3, 0.4) is 0 Å². The summed E-state index contributed by atoms with van der Waals surface area (Å²) in [7, 11) is 1.48. The van der Waals surface area contributed by atoms with E-state index >= 15 is 0 Å². The zero-order chi connectivity index (χ0) is 25.3. The molecule has 0 aromatic carbocycles. The SMILES string of the molecule is CC#CCn1c(=O)n(-c2ccc(=O)n(C)c2)c2nc(OC(=O)C(F)(F)F)nc(N3CCNCC3)c21. The topological polar surface area (TPSA) is 116 Å². The third-order valence-corrected chi connectivity index (χ3v) is 5.30. The normalized spacial score (nSPS) is 14.0. The highest BCUT2D eigenvalue weighted by molar-refractivity contribution is 5.87. The van der Waals surface area contributed by atoms with Gasteiger partial charge in [-0.2, -0.15) is 23.1 Å². The Bertz CT molecular complexity index is 1470. The van der Waals surface area contributed by atoms with Gasteiger partial charge in [0.25, 0.3) is 0 Å². The lowest BCUT2D eigenvalue weighted by Gasteiger charge is -2.29. The smallest absolute Gasteiger partial charge is 0.384 e. The summed E-state index contributed by atoms with van der Waals surface area (Å²) >= 11 is 0. The Hall–Kier alpha value is -4.12. The van der Waals surface area contributed by atoms with Gasteiger partial charge in [-0.3, -0.25) is 9.36 Å². The number of rotatable bonds is 4. The molecule has 184 valence electrons. The van der Waals surface area contributed by atoms with Crippen LogP contribution >= 0.6 is 0 Å². The van der Waals surface area contributed by atoms with E-state index in [2.05, 4.69) is 31.9 Å². The number of alkyl halides is 3. The quantitative estimate of drug-likeness (QED) is 0.406. The van der Waals surface area contributed by atoms with E-state index in [9.17, 15) is 27.6 Å². The summed E-state index contributed by atoms with van der Waals surface area (Å²) in [6.07, 6.45) is -3.89. The van der Waals surface area contributed by atoms with Gasteiger partial charge >= 0.3 is 23.8 Å². The van der Waals surface area contributed by atoms with E-state index in [-0.39, 0.29) is 34.8 Å². The number of imidazole rings is 1. The largest absolute Gasteiger partial charge is 0.491 e. The summed E-state index contributed by atoms with van der Waals surface area (Å²) in [5.74, 6) is 3.14. The predicted octanol–water partition coefficient (Wildman–Crippen LogP) is 0.181. The Morgan fingerprint density at radius 3 is 2.54 bits per heavy atom. The first-order chi connectivity index (χ1) is 16.6. The van der Waals surface area contributed by atoms with Gasteiger partial charge in [0.05, 0.1) is 12.2 Å². The minimum atomic E-state index is -5.27. The molecule has 35 heavy (non-hydrogen) atoms. The number of ether oxygens (including phenoxy) is 1. The number of nitrogens with one attached hydrogen (secondary N) is 1. The van der Waals surface area contributed by atoms with Crippen molar-refractivity contribution in [3.05, 3.63) is 39.2 Å². The zero-order valence-corrected chi connectivity index (χ0v) is 18.7. The van der Waals surface area contributed by atoms with Crippen LogP contribution in [-0.4, -0.2) is 62.0 Å². The van der Waals surface area contributed by atoms with Crippen LogP contribution in [0.5, 0.6) is 6.01 Å². The number of pyridine rings is 1. The third-order valence-electron chi connectivity index (χ3n) is 5.30. The van der Waals surface area contributed by atoms with Crippen LogP contribution in [-0.2, 0) is 18.4 Å². The minimum absolute atomic E-state index is 0.0469. The molecule has 0 radical (unpaired) electrons. The van der Waals surface area contributed by atoms with Gasteiger partial charge in [-0.05, 0) is 13.0 Å². The first kappa shape index (κ1) is 24.0. The van der Waals surface area contributed by atoms with E-state index < -0.39 is 23.8 Å². The molecule has 0 aliphatic carbocycles. The van der Waals surface area contributed by atoms with Crippen molar-refractivity contribution in [1.29, 1.82) is 0 Å². The molecule has 0 saturated carbocycles. The van der Waals surface area contributed by atoms with E-state index in [0.29, 0.717) is 26.2 Å². The molecule has 1 saturated heterocycles. The van der Waals surface area contributed by atoms with Crippen molar-refractivity contribution < 1.29 is 22.7 Å².